The van der Waals surface area contributed by atoms with E-state index in [0.717, 1.165) is 30.4 Å². The van der Waals surface area contributed by atoms with E-state index in [0.29, 0.717) is 0 Å². The molecule has 0 aliphatic heterocycles. The summed E-state index contributed by atoms with van der Waals surface area (Å²) in [6, 6.07) is 0. The Kier molecular flexibility index (Phi) is 8.29. The largest absolute Gasteiger partial charge is 0.549 e. The van der Waals surface area contributed by atoms with Crippen molar-refractivity contribution in [2.24, 2.45) is 5.41 Å². The molecule has 1 saturated carbocycles. The van der Waals surface area contributed by atoms with Crippen LogP contribution >= 0.6 is 0 Å². The number of hydrogen-bond acceptors (Lipinski definition) is 5. The maximum atomic E-state index is 12.2. The van der Waals surface area contributed by atoms with Crippen LogP contribution in [0.25, 0.3) is 0 Å². The highest BCUT2D eigenvalue weighted by molar-refractivity contribution is 6.74. The Morgan fingerprint density at radius 3 is 2.25 bits per heavy atom. The zero-order chi connectivity index (χ0) is 21.6. The average molecular weight is 408 g/mol. The first kappa shape index (κ1) is 24.2. The van der Waals surface area contributed by atoms with Crippen LogP contribution in [-0.4, -0.2) is 34.5 Å². The van der Waals surface area contributed by atoms with Crippen molar-refractivity contribution in [3.8, 4) is 0 Å². The molecule has 28 heavy (non-hydrogen) atoms. The maximum absolute atomic E-state index is 12.2. The van der Waals surface area contributed by atoms with Crippen LogP contribution in [0.15, 0.2) is 30.1 Å². The fraction of sp³-hybridized carbons (Fsp3) is 0.636. The summed E-state index contributed by atoms with van der Waals surface area (Å²) < 4.78 is 15.7. The Labute approximate surface area is 170 Å². The fourth-order valence-electron chi connectivity index (χ4n) is 2.83. The van der Waals surface area contributed by atoms with Crippen molar-refractivity contribution in [3.05, 3.63) is 36.1 Å². The standard InChI is InChI=1S/C22H35O5Si/c1-17-15-22(19(23)25-5,20(24)26-6)16-18(17)13-11-9-10-12-14-27-28(7,8)21(2,3)4/h12,14H,1,9-11,15-16H2,2-8H3/b14-12+,18-13?. The van der Waals surface area contributed by atoms with Crippen LogP contribution in [0.3, 0.4) is 0 Å². The van der Waals surface area contributed by atoms with E-state index < -0.39 is 25.7 Å². The lowest BCUT2D eigenvalue weighted by molar-refractivity contribution is -0.168. The zero-order valence-electron chi connectivity index (χ0n) is 18.4. The van der Waals surface area contributed by atoms with Crippen LogP contribution in [-0.2, 0) is 23.5 Å². The minimum absolute atomic E-state index is 0.185. The molecule has 0 unspecified atom stereocenters. The van der Waals surface area contributed by atoms with Crippen molar-refractivity contribution >= 4 is 20.3 Å². The van der Waals surface area contributed by atoms with Gasteiger partial charge in [0.1, 0.15) is 0 Å². The monoisotopic (exact) mass is 407 g/mol. The summed E-state index contributed by atoms with van der Waals surface area (Å²) in [5.74, 6) is -1.16. The number of methoxy groups -OCH3 is 2. The Balaban J connectivity index is 2.60. The number of esters is 2. The van der Waals surface area contributed by atoms with Gasteiger partial charge in [-0.2, -0.15) is 0 Å². The molecule has 0 spiro atoms. The number of carbonyl (C=O) groups is 2. The van der Waals surface area contributed by atoms with E-state index >= 15 is 0 Å². The van der Waals surface area contributed by atoms with Gasteiger partial charge < -0.3 is 13.9 Å². The third-order valence-electron chi connectivity index (χ3n) is 5.72. The van der Waals surface area contributed by atoms with Gasteiger partial charge in [0.05, 0.1) is 20.5 Å². The lowest BCUT2D eigenvalue weighted by atomic mass is 9.85. The highest BCUT2D eigenvalue weighted by atomic mass is 28.4. The molecule has 157 valence electrons. The van der Waals surface area contributed by atoms with E-state index in [-0.39, 0.29) is 17.9 Å². The van der Waals surface area contributed by atoms with Gasteiger partial charge in [0, 0.05) is 6.42 Å². The first-order valence-electron chi connectivity index (χ1n) is 9.69. The molecule has 0 atom stereocenters. The maximum Gasteiger partial charge on any atom is 0.323 e. The van der Waals surface area contributed by atoms with Crippen LogP contribution < -0.4 is 0 Å². The van der Waals surface area contributed by atoms with Crippen LogP contribution in [0.4, 0.5) is 0 Å². The van der Waals surface area contributed by atoms with E-state index in [2.05, 4.69) is 46.5 Å². The summed E-state index contributed by atoms with van der Waals surface area (Å²) in [7, 11) is 0.800. The third-order valence-corrected chi connectivity index (χ3v) is 10.1. The van der Waals surface area contributed by atoms with Gasteiger partial charge in [-0.15, -0.1) is 0 Å². The van der Waals surface area contributed by atoms with Gasteiger partial charge in [0.25, 0.3) is 0 Å². The Morgan fingerprint density at radius 2 is 1.75 bits per heavy atom. The van der Waals surface area contributed by atoms with E-state index in [1.807, 2.05) is 12.3 Å². The van der Waals surface area contributed by atoms with Gasteiger partial charge in [-0.1, -0.05) is 33.4 Å². The molecule has 0 saturated heterocycles. The average Bonchev–Trinajstić information content (AvgIpc) is 2.96. The molecule has 6 heteroatoms. The van der Waals surface area contributed by atoms with Crippen LogP contribution in [0.1, 0.15) is 52.9 Å². The lowest BCUT2D eigenvalue weighted by Gasteiger charge is -2.34. The third kappa shape index (κ3) is 5.60. The summed E-state index contributed by atoms with van der Waals surface area (Å²) in [6.07, 6.45) is 10.1. The predicted octanol–water partition coefficient (Wildman–Crippen LogP) is 5.10. The highest BCUT2D eigenvalue weighted by Gasteiger charge is 2.53. The molecule has 5 nitrogen and oxygen atoms in total. The topological polar surface area (TPSA) is 61.8 Å². The van der Waals surface area contributed by atoms with Crippen molar-refractivity contribution in [2.75, 3.05) is 14.2 Å². The second-order valence-corrected chi connectivity index (χ2v) is 13.6. The zero-order valence-corrected chi connectivity index (χ0v) is 19.4. The van der Waals surface area contributed by atoms with E-state index in [9.17, 15) is 9.59 Å². The van der Waals surface area contributed by atoms with Gasteiger partial charge in [0.15, 0.2) is 5.41 Å². The molecule has 1 aliphatic rings. The van der Waals surface area contributed by atoms with E-state index in [4.69, 9.17) is 13.9 Å². The molecule has 0 heterocycles. The highest BCUT2D eigenvalue weighted by Crippen LogP contribution is 2.46. The summed E-state index contributed by atoms with van der Waals surface area (Å²) >= 11 is 0. The summed E-state index contributed by atoms with van der Waals surface area (Å²) in [5.41, 5.74) is 0.240. The molecule has 1 fully saturated rings. The van der Waals surface area contributed by atoms with E-state index in [1.54, 1.807) is 0 Å². The SMILES string of the molecule is C=C1CC(C(=O)OC)(C(=O)OC)CC1=[C]CCC/C=C/O[Si](C)(C)C(C)(C)C. The van der Waals surface area contributed by atoms with Crippen molar-refractivity contribution in [1.82, 2.24) is 0 Å². The smallest absolute Gasteiger partial charge is 0.323 e. The molecule has 0 bridgehead atoms. The second kappa shape index (κ2) is 9.59. The molecular weight excluding hydrogens is 372 g/mol. The number of hydrogen-bond donors (Lipinski definition) is 0. The quantitative estimate of drug-likeness (QED) is 0.184. The summed E-state index contributed by atoms with van der Waals surface area (Å²) in [6.45, 7) is 15.1. The number of ether oxygens (including phenoxy) is 2. The number of unbranched alkanes of at least 4 members (excludes halogenated alkanes) is 2. The van der Waals surface area contributed by atoms with Gasteiger partial charge in [-0.3, -0.25) is 9.59 Å². The van der Waals surface area contributed by atoms with Crippen molar-refractivity contribution < 1.29 is 23.5 Å². The van der Waals surface area contributed by atoms with Crippen molar-refractivity contribution in [3.63, 3.8) is 0 Å². The lowest BCUT2D eigenvalue weighted by Crippen LogP contribution is -2.39. The van der Waals surface area contributed by atoms with Crippen LogP contribution in [0.2, 0.25) is 18.1 Å². The molecule has 1 rings (SSSR count). The molecule has 1 radical (unpaired) electrons. The minimum atomic E-state index is -1.75. The van der Waals surface area contributed by atoms with Gasteiger partial charge in [-0.25, -0.2) is 0 Å². The molecule has 0 aromatic carbocycles. The number of rotatable bonds is 8. The molecule has 0 N–H and O–H groups in total. The number of carbonyl (C=O) groups excluding carboxylic acids is 2. The van der Waals surface area contributed by atoms with Crippen LogP contribution in [0, 0.1) is 11.5 Å². The summed E-state index contributed by atoms with van der Waals surface area (Å²) in [4.78, 5) is 24.4. The molecule has 0 aromatic rings. The summed E-state index contributed by atoms with van der Waals surface area (Å²) in [5, 5.41) is 0.185. The van der Waals surface area contributed by atoms with Crippen molar-refractivity contribution in [2.45, 2.75) is 71.0 Å². The normalized spacial score (nSPS) is 18.5. The molecular formula is C22H35O5Si. The Morgan fingerprint density at radius 1 is 1.18 bits per heavy atom. The van der Waals surface area contributed by atoms with Gasteiger partial charge >= 0.3 is 11.9 Å². The molecule has 1 aliphatic carbocycles. The first-order chi connectivity index (χ1) is 12.9. The Hall–Kier alpha value is -1.82. The van der Waals surface area contributed by atoms with Gasteiger partial charge in [0.2, 0.25) is 8.32 Å². The predicted molar refractivity (Wildman–Crippen MR) is 113 cm³/mol. The van der Waals surface area contributed by atoms with Crippen molar-refractivity contribution in [1.29, 1.82) is 0 Å². The first-order valence-corrected chi connectivity index (χ1v) is 12.6. The Bertz CT molecular complexity index is 636. The fourth-order valence-corrected chi connectivity index (χ4v) is 3.62. The van der Waals surface area contributed by atoms with Crippen LogP contribution in [0.5, 0.6) is 0 Å². The molecule has 0 amide bonds. The number of allylic oxidation sites excluding steroid dienone is 4. The second-order valence-electron chi connectivity index (χ2n) is 8.82. The van der Waals surface area contributed by atoms with E-state index in [1.165, 1.54) is 14.2 Å². The van der Waals surface area contributed by atoms with Gasteiger partial charge in [-0.05, 0) is 61.0 Å². The molecule has 0 aromatic heterocycles. The minimum Gasteiger partial charge on any atom is -0.549 e.